The van der Waals surface area contributed by atoms with Crippen molar-refractivity contribution in [2.24, 2.45) is 0 Å². The first kappa shape index (κ1) is 18.8. The first-order chi connectivity index (χ1) is 9.29. The van der Waals surface area contributed by atoms with Gasteiger partial charge in [-0.2, -0.15) is 12.7 Å². The molecule has 0 heterocycles. The van der Waals surface area contributed by atoms with Gasteiger partial charge >= 0.3 is 5.97 Å². The highest BCUT2D eigenvalue weighted by molar-refractivity contribution is 7.87. The van der Waals surface area contributed by atoms with Crippen LogP contribution in [0.2, 0.25) is 0 Å². The second-order valence-corrected chi connectivity index (χ2v) is 5.82. The van der Waals surface area contributed by atoms with E-state index >= 15 is 0 Å². The van der Waals surface area contributed by atoms with Gasteiger partial charge in [-0.25, -0.2) is 4.72 Å². The first-order valence-electron chi connectivity index (χ1n) is 5.98. The Bertz CT molecular complexity index is 411. The lowest BCUT2D eigenvalue weighted by atomic mass is 10.4. The lowest BCUT2D eigenvalue weighted by Gasteiger charge is -2.16. The summed E-state index contributed by atoms with van der Waals surface area (Å²) in [7, 11) is -0.986. The van der Waals surface area contributed by atoms with Gasteiger partial charge in [0.25, 0.3) is 10.2 Å². The van der Waals surface area contributed by atoms with Crippen molar-refractivity contribution in [1.82, 2.24) is 14.3 Å². The number of nitrogens with zero attached hydrogens (tertiary/aromatic N) is 1. The number of hydrogen-bond donors (Lipinski definition) is 3. The largest absolute Gasteiger partial charge is 0.481 e. The summed E-state index contributed by atoms with van der Waals surface area (Å²) >= 11 is 0. The van der Waals surface area contributed by atoms with E-state index in [1.807, 2.05) is 0 Å². The molecule has 9 nitrogen and oxygen atoms in total. The highest BCUT2D eigenvalue weighted by atomic mass is 32.2. The Morgan fingerprint density at radius 1 is 1.25 bits per heavy atom. The fraction of sp³-hybridized carbons (Fsp3) is 0.800. The van der Waals surface area contributed by atoms with E-state index < -0.39 is 16.2 Å². The molecule has 0 aliphatic heterocycles. The average molecular weight is 311 g/mol. The first-order valence-corrected chi connectivity index (χ1v) is 7.42. The normalized spacial score (nSPS) is 11.6. The Morgan fingerprint density at radius 2 is 1.90 bits per heavy atom. The van der Waals surface area contributed by atoms with Crippen LogP contribution in [0.1, 0.15) is 12.8 Å². The Balaban J connectivity index is 3.97. The molecule has 0 spiro atoms. The molecule has 0 unspecified atom stereocenters. The second-order valence-electron chi connectivity index (χ2n) is 3.96. The summed E-state index contributed by atoms with van der Waals surface area (Å²) in [5, 5.41) is 11.0. The number of ether oxygens (including phenoxy) is 1. The van der Waals surface area contributed by atoms with E-state index in [1.54, 1.807) is 0 Å². The summed E-state index contributed by atoms with van der Waals surface area (Å²) in [6.07, 6.45) is -0.287. The van der Waals surface area contributed by atoms with E-state index in [-0.39, 0.29) is 31.8 Å². The van der Waals surface area contributed by atoms with E-state index in [0.29, 0.717) is 13.2 Å². The van der Waals surface area contributed by atoms with Gasteiger partial charge in [0.1, 0.15) is 0 Å². The maximum absolute atomic E-state index is 11.7. The molecule has 0 aliphatic carbocycles. The minimum Gasteiger partial charge on any atom is -0.481 e. The molecular formula is C10H21N3O6S. The van der Waals surface area contributed by atoms with Gasteiger partial charge in [0.05, 0.1) is 13.0 Å². The standard InChI is InChI=1S/C10H21N3O6S/c1-13(7-4-10(15)16)20(17,18)12-5-3-9(14)11-6-8-19-2/h12H,3-8H2,1-2H3,(H,11,14)(H,15,16). The molecular weight excluding hydrogens is 290 g/mol. The van der Waals surface area contributed by atoms with Gasteiger partial charge in [0, 0.05) is 40.2 Å². The van der Waals surface area contributed by atoms with Crippen molar-refractivity contribution < 1.29 is 27.9 Å². The van der Waals surface area contributed by atoms with Crippen LogP contribution in [0.3, 0.4) is 0 Å². The van der Waals surface area contributed by atoms with E-state index in [9.17, 15) is 18.0 Å². The summed E-state index contributed by atoms with van der Waals surface area (Å²) in [4.78, 5) is 21.6. The molecule has 0 aromatic heterocycles. The van der Waals surface area contributed by atoms with Crippen LogP contribution in [0.5, 0.6) is 0 Å². The van der Waals surface area contributed by atoms with E-state index in [4.69, 9.17) is 9.84 Å². The number of carbonyl (C=O) groups excluding carboxylic acids is 1. The number of carboxylic acid groups (broad SMARTS) is 1. The topological polar surface area (TPSA) is 125 Å². The third-order valence-electron chi connectivity index (χ3n) is 2.32. The third kappa shape index (κ3) is 8.80. The molecule has 0 saturated heterocycles. The molecule has 0 bridgehead atoms. The summed E-state index contributed by atoms with van der Waals surface area (Å²) in [5.41, 5.74) is 0. The molecule has 1 amide bonds. The fourth-order valence-corrected chi connectivity index (χ4v) is 2.07. The quantitative estimate of drug-likeness (QED) is 0.394. The minimum atomic E-state index is -3.76. The van der Waals surface area contributed by atoms with Crippen molar-refractivity contribution in [1.29, 1.82) is 0 Å². The van der Waals surface area contributed by atoms with Crippen molar-refractivity contribution in [2.75, 3.05) is 40.4 Å². The van der Waals surface area contributed by atoms with Gasteiger partial charge in [-0.3, -0.25) is 9.59 Å². The van der Waals surface area contributed by atoms with Crippen molar-refractivity contribution in [2.45, 2.75) is 12.8 Å². The molecule has 0 atom stereocenters. The van der Waals surface area contributed by atoms with Crippen molar-refractivity contribution in [3.8, 4) is 0 Å². The number of rotatable bonds is 11. The zero-order chi connectivity index (χ0) is 15.6. The molecule has 3 N–H and O–H groups in total. The third-order valence-corrected chi connectivity index (χ3v) is 3.89. The van der Waals surface area contributed by atoms with Gasteiger partial charge in [-0.15, -0.1) is 0 Å². The maximum Gasteiger partial charge on any atom is 0.304 e. The summed E-state index contributed by atoms with van der Waals surface area (Å²) < 4.78 is 31.2. The van der Waals surface area contributed by atoms with Gasteiger partial charge in [0.15, 0.2) is 0 Å². The minimum absolute atomic E-state index is 0.00425. The number of amides is 1. The molecule has 118 valence electrons. The zero-order valence-corrected chi connectivity index (χ0v) is 12.4. The van der Waals surface area contributed by atoms with Crippen LogP contribution < -0.4 is 10.0 Å². The number of aliphatic carboxylic acids is 1. The fourth-order valence-electron chi connectivity index (χ4n) is 1.16. The number of carbonyl (C=O) groups is 2. The molecule has 0 radical (unpaired) electrons. The van der Waals surface area contributed by atoms with Crippen molar-refractivity contribution in [3.63, 3.8) is 0 Å². The van der Waals surface area contributed by atoms with Gasteiger partial charge in [-0.1, -0.05) is 0 Å². The molecule has 0 aromatic rings. The van der Waals surface area contributed by atoms with Crippen LogP contribution in [0, 0.1) is 0 Å². The smallest absolute Gasteiger partial charge is 0.304 e. The molecule has 0 saturated carbocycles. The van der Waals surface area contributed by atoms with Crippen LogP contribution in [-0.4, -0.2) is 70.1 Å². The zero-order valence-electron chi connectivity index (χ0n) is 11.6. The highest BCUT2D eigenvalue weighted by Gasteiger charge is 2.17. The van der Waals surface area contributed by atoms with Gasteiger partial charge in [-0.05, 0) is 0 Å². The summed E-state index contributed by atoms with van der Waals surface area (Å²) in [5.74, 6) is -1.37. The van der Waals surface area contributed by atoms with Crippen LogP contribution in [0.25, 0.3) is 0 Å². The van der Waals surface area contributed by atoms with E-state index in [1.165, 1.54) is 14.2 Å². The average Bonchev–Trinajstić information content (AvgIpc) is 2.35. The molecule has 0 aromatic carbocycles. The highest BCUT2D eigenvalue weighted by Crippen LogP contribution is 1.96. The van der Waals surface area contributed by atoms with E-state index in [0.717, 1.165) is 4.31 Å². The Morgan fingerprint density at radius 3 is 2.45 bits per heavy atom. The van der Waals surface area contributed by atoms with Crippen LogP contribution in [-0.2, 0) is 24.5 Å². The molecule has 0 rings (SSSR count). The van der Waals surface area contributed by atoms with Gasteiger partial charge in [0.2, 0.25) is 5.91 Å². The number of nitrogens with one attached hydrogen (secondary N) is 2. The Labute approximate surface area is 118 Å². The van der Waals surface area contributed by atoms with Crippen molar-refractivity contribution >= 4 is 22.1 Å². The second kappa shape index (κ2) is 9.64. The van der Waals surface area contributed by atoms with E-state index in [2.05, 4.69) is 10.0 Å². The van der Waals surface area contributed by atoms with Crippen molar-refractivity contribution in [3.05, 3.63) is 0 Å². The Kier molecular flexibility index (Phi) is 9.05. The number of methoxy groups -OCH3 is 1. The van der Waals surface area contributed by atoms with Crippen LogP contribution in [0.15, 0.2) is 0 Å². The lowest BCUT2D eigenvalue weighted by Crippen LogP contribution is -2.40. The SMILES string of the molecule is COCCNC(=O)CCNS(=O)(=O)N(C)CCC(=O)O. The summed E-state index contributed by atoms with van der Waals surface area (Å²) in [6.45, 7) is 0.555. The molecule has 10 heteroatoms. The number of hydrogen-bond acceptors (Lipinski definition) is 5. The number of carboxylic acids is 1. The molecule has 0 fully saturated rings. The predicted molar refractivity (Wildman–Crippen MR) is 71.3 cm³/mol. The predicted octanol–water partition coefficient (Wildman–Crippen LogP) is -1.62. The molecule has 20 heavy (non-hydrogen) atoms. The molecule has 0 aliphatic rings. The van der Waals surface area contributed by atoms with Crippen LogP contribution >= 0.6 is 0 Å². The lowest BCUT2D eigenvalue weighted by molar-refractivity contribution is -0.137. The monoisotopic (exact) mass is 311 g/mol. The Hall–Kier alpha value is -1.23. The van der Waals surface area contributed by atoms with Crippen LogP contribution in [0.4, 0.5) is 0 Å². The maximum atomic E-state index is 11.7. The summed E-state index contributed by atoms with van der Waals surface area (Å²) in [6, 6.07) is 0. The van der Waals surface area contributed by atoms with Gasteiger partial charge < -0.3 is 15.2 Å².